The van der Waals surface area contributed by atoms with Gasteiger partial charge in [-0.15, -0.1) is 10.2 Å². The van der Waals surface area contributed by atoms with Crippen LogP contribution in [0.15, 0.2) is 48.5 Å². The number of benzene rings is 2. The molecule has 1 unspecified atom stereocenters. The summed E-state index contributed by atoms with van der Waals surface area (Å²) in [4.78, 5) is 12.5. The van der Waals surface area contributed by atoms with Gasteiger partial charge in [-0.3, -0.25) is 4.79 Å². The first kappa shape index (κ1) is 22.3. The van der Waals surface area contributed by atoms with Gasteiger partial charge < -0.3 is 19.5 Å². The number of aromatic amines is 1. The van der Waals surface area contributed by atoms with Gasteiger partial charge in [0.05, 0.1) is 12.3 Å². The molecule has 2 heterocycles. The van der Waals surface area contributed by atoms with Crippen LogP contribution >= 0.6 is 0 Å². The number of anilines is 1. The smallest absolute Gasteiger partial charge is 0.248 e. The van der Waals surface area contributed by atoms with E-state index in [1.165, 1.54) is 25.3 Å². The van der Waals surface area contributed by atoms with Crippen molar-refractivity contribution in [3.05, 3.63) is 59.9 Å². The van der Waals surface area contributed by atoms with E-state index in [2.05, 4.69) is 32.9 Å². The Hall–Kier alpha value is -3.88. The van der Waals surface area contributed by atoms with Crippen molar-refractivity contribution in [2.24, 2.45) is 0 Å². The van der Waals surface area contributed by atoms with Gasteiger partial charge in [-0.05, 0) is 42.3 Å². The maximum Gasteiger partial charge on any atom is 0.248 e. The average Bonchev–Trinajstić information content (AvgIpc) is 3.38. The van der Waals surface area contributed by atoms with Gasteiger partial charge in [0.2, 0.25) is 11.7 Å². The van der Waals surface area contributed by atoms with Crippen LogP contribution < -0.4 is 19.5 Å². The monoisotopic (exact) mass is 449 g/mol. The van der Waals surface area contributed by atoms with Gasteiger partial charge in [0.1, 0.15) is 12.4 Å². The van der Waals surface area contributed by atoms with Crippen molar-refractivity contribution in [1.29, 1.82) is 0 Å². The quantitative estimate of drug-likeness (QED) is 0.350. The van der Waals surface area contributed by atoms with Crippen LogP contribution in [-0.2, 0) is 4.79 Å². The Bertz CT molecular complexity index is 1070. The molecule has 2 N–H and O–H groups in total. The SMILES string of the molecule is CCCCCCOc1ccc(/C=C/C(=O)Nc2cccc3c2OC(c2nn[nH]n2)CO3)cc1. The highest BCUT2D eigenvalue weighted by molar-refractivity contribution is 6.03. The molecule has 1 amide bonds. The van der Waals surface area contributed by atoms with Gasteiger partial charge in [0.15, 0.2) is 17.6 Å². The molecule has 1 aromatic heterocycles. The third kappa shape index (κ3) is 6.09. The van der Waals surface area contributed by atoms with E-state index in [-0.39, 0.29) is 12.5 Å². The molecule has 0 aliphatic carbocycles. The second kappa shape index (κ2) is 11.1. The number of ether oxygens (including phenoxy) is 3. The van der Waals surface area contributed by atoms with Crippen LogP contribution in [0.25, 0.3) is 6.08 Å². The van der Waals surface area contributed by atoms with Crippen molar-refractivity contribution in [3.63, 3.8) is 0 Å². The molecule has 0 spiro atoms. The Morgan fingerprint density at radius 3 is 2.88 bits per heavy atom. The number of hydrogen-bond donors (Lipinski definition) is 2. The summed E-state index contributed by atoms with van der Waals surface area (Å²) in [6.07, 6.45) is 7.39. The highest BCUT2D eigenvalue weighted by Crippen LogP contribution is 2.41. The number of hydrogen-bond acceptors (Lipinski definition) is 7. The zero-order valence-electron chi connectivity index (χ0n) is 18.5. The minimum absolute atomic E-state index is 0.252. The second-order valence-electron chi connectivity index (χ2n) is 7.62. The van der Waals surface area contributed by atoms with E-state index in [0.717, 1.165) is 24.3 Å². The maximum absolute atomic E-state index is 12.5. The van der Waals surface area contributed by atoms with E-state index in [0.29, 0.717) is 23.0 Å². The first-order chi connectivity index (χ1) is 16.2. The van der Waals surface area contributed by atoms with Gasteiger partial charge >= 0.3 is 0 Å². The molecular weight excluding hydrogens is 422 g/mol. The van der Waals surface area contributed by atoms with Crippen LogP contribution in [-0.4, -0.2) is 39.7 Å². The van der Waals surface area contributed by atoms with E-state index in [4.69, 9.17) is 14.2 Å². The number of H-pyrrole nitrogens is 1. The number of carbonyl (C=O) groups excluding carboxylic acids is 1. The minimum atomic E-state index is -0.516. The number of nitrogens with one attached hydrogen (secondary N) is 2. The lowest BCUT2D eigenvalue weighted by Crippen LogP contribution is -2.24. The number of nitrogens with zero attached hydrogens (tertiary/aromatic N) is 3. The maximum atomic E-state index is 12.5. The van der Waals surface area contributed by atoms with Crippen molar-refractivity contribution in [2.45, 2.75) is 38.7 Å². The minimum Gasteiger partial charge on any atom is -0.494 e. The Morgan fingerprint density at radius 1 is 1.21 bits per heavy atom. The van der Waals surface area contributed by atoms with Crippen molar-refractivity contribution in [2.75, 3.05) is 18.5 Å². The number of rotatable bonds is 10. The molecule has 3 aromatic rings. The number of fused-ring (bicyclic) bond motifs is 1. The number of aromatic nitrogens is 4. The molecule has 0 radical (unpaired) electrons. The van der Waals surface area contributed by atoms with Crippen LogP contribution in [0.3, 0.4) is 0 Å². The summed E-state index contributed by atoms with van der Waals surface area (Å²) in [5, 5.41) is 16.7. The van der Waals surface area contributed by atoms with Crippen LogP contribution in [0, 0.1) is 0 Å². The summed E-state index contributed by atoms with van der Waals surface area (Å²) in [6, 6.07) is 13.0. The number of amides is 1. The van der Waals surface area contributed by atoms with E-state index >= 15 is 0 Å². The molecule has 2 aromatic carbocycles. The van der Waals surface area contributed by atoms with Crippen molar-refractivity contribution < 1.29 is 19.0 Å². The Morgan fingerprint density at radius 2 is 2.09 bits per heavy atom. The van der Waals surface area contributed by atoms with Gasteiger partial charge in [-0.1, -0.05) is 49.6 Å². The zero-order chi connectivity index (χ0) is 22.9. The molecule has 9 heteroatoms. The predicted molar refractivity (Wildman–Crippen MR) is 123 cm³/mol. The van der Waals surface area contributed by atoms with Crippen LogP contribution in [0.5, 0.6) is 17.2 Å². The summed E-state index contributed by atoms with van der Waals surface area (Å²) in [5.41, 5.74) is 1.40. The highest BCUT2D eigenvalue weighted by Gasteiger charge is 2.28. The van der Waals surface area contributed by atoms with Crippen LogP contribution in [0.2, 0.25) is 0 Å². The van der Waals surface area contributed by atoms with Gasteiger partial charge in [0.25, 0.3) is 0 Å². The average molecular weight is 450 g/mol. The molecule has 1 atom stereocenters. The second-order valence-corrected chi connectivity index (χ2v) is 7.62. The Balaban J connectivity index is 1.33. The normalized spacial score (nSPS) is 14.9. The fraction of sp³-hybridized carbons (Fsp3) is 0.333. The van der Waals surface area contributed by atoms with Crippen molar-refractivity contribution in [3.8, 4) is 17.2 Å². The molecule has 0 fully saturated rings. The number of carbonyl (C=O) groups is 1. The third-order valence-electron chi connectivity index (χ3n) is 5.11. The van der Waals surface area contributed by atoms with Gasteiger partial charge in [-0.2, -0.15) is 5.21 Å². The van der Waals surface area contributed by atoms with Crippen molar-refractivity contribution >= 4 is 17.7 Å². The summed E-state index contributed by atoms with van der Waals surface area (Å²) >= 11 is 0. The summed E-state index contributed by atoms with van der Waals surface area (Å²) in [7, 11) is 0. The number of para-hydroxylation sites is 1. The summed E-state index contributed by atoms with van der Waals surface area (Å²) in [5.74, 6) is 1.90. The largest absolute Gasteiger partial charge is 0.494 e. The molecule has 4 rings (SSSR count). The predicted octanol–water partition coefficient (Wildman–Crippen LogP) is 4.32. The summed E-state index contributed by atoms with van der Waals surface area (Å²) < 4.78 is 17.5. The fourth-order valence-corrected chi connectivity index (χ4v) is 3.36. The highest BCUT2D eigenvalue weighted by atomic mass is 16.6. The van der Waals surface area contributed by atoms with E-state index < -0.39 is 6.10 Å². The molecule has 0 saturated carbocycles. The van der Waals surface area contributed by atoms with Crippen LogP contribution in [0.1, 0.15) is 50.1 Å². The number of tetrazole rings is 1. The molecule has 0 bridgehead atoms. The van der Waals surface area contributed by atoms with Crippen LogP contribution in [0.4, 0.5) is 5.69 Å². The lowest BCUT2D eigenvalue weighted by Gasteiger charge is -2.26. The molecule has 33 heavy (non-hydrogen) atoms. The molecule has 0 saturated heterocycles. The number of unbranched alkanes of at least 4 members (excludes halogenated alkanes) is 3. The Kier molecular flexibility index (Phi) is 7.52. The van der Waals surface area contributed by atoms with E-state index in [1.54, 1.807) is 24.3 Å². The zero-order valence-corrected chi connectivity index (χ0v) is 18.5. The molecular formula is C24H27N5O4. The molecule has 1 aliphatic heterocycles. The fourth-order valence-electron chi connectivity index (χ4n) is 3.36. The lowest BCUT2D eigenvalue weighted by molar-refractivity contribution is -0.111. The Labute approximate surface area is 192 Å². The molecule has 1 aliphatic rings. The molecule has 9 nitrogen and oxygen atoms in total. The van der Waals surface area contributed by atoms with Gasteiger partial charge in [-0.25, -0.2) is 0 Å². The first-order valence-electron chi connectivity index (χ1n) is 11.1. The van der Waals surface area contributed by atoms with E-state index in [1.807, 2.05) is 24.3 Å². The molecule has 172 valence electrons. The van der Waals surface area contributed by atoms with Gasteiger partial charge in [0, 0.05) is 6.08 Å². The first-order valence-corrected chi connectivity index (χ1v) is 11.1. The summed E-state index contributed by atoms with van der Waals surface area (Å²) in [6.45, 7) is 3.16. The standard InChI is InChI=1S/C24H27N5O4/c1-2-3-4-5-15-31-18-12-9-17(10-13-18)11-14-22(30)25-19-7-6-8-20-23(19)33-21(16-32-20)24-26-28-29-27-24/h6-14,21H,2-5,15-16H2,1H3,(H,25,30)(H,26,27,28,29)/b14-11+. The van der Waals surface area contributed by atoms with Crippen molar-refractivity contribution in [1.82, 2.24) is 20.6 Å². The van der Waals surface area contributed by atoms with E-state index in [9.17, 15) is 4.79 Å². The topological polar surface area (TPSA) is 111 Å². The lowest BCUT2D eigenvalue weighted by atomic mass is 10.2. The third-order valence-corrected chi connectivity index (χ3v) is 5.11.